The van der Waals surface area contributed by atoms with Crippen LogP contribution in [0.2, 0.25) is 0 Å². The van der Waals surface area contributed by atoms with Crippen molar-refractivity contribution < 1.29 is 27.5 Å². The van der Waals surface area contributed by atoms with Gasteiger partial charge in [-0.2, -0.15) is 13.2 Å². The van der Waals surface area contributed by atoms with E-state index >= 15 is 0 Å². The first kappa shape index (κ1) is 23.4. The number of anilines is 3. The number of rotatable bonds is 6. The maximum absolute atomic E-state index is 13.5. The van der Waals surface area contributed by atoms with Gasteiger partial charge < -0.3 is 26.5 Å². The predicted molar refractivity (Wildman–Crippen MR) is 116 cm³/mol. The number of ether oxygens (including phenoxy) is 1. The summed E-state index contributed by atoms with van der Waals surface area (Å²) in [5, 5.41) is 0. The van der Waals surface area contributed by atoms with Crippen LogP contribution in [0.4, 0.5) is 35.0 Å². The highest BCUT2D eigenvalue weighted by molar-refractivity contribution is 5.93. The number of aromatic nitrogens is 2. The molecule has 2 amide bonds. The number of alkyl halides is 3. The van der Waals surface area contributed by atoms with Crippen molar-refractivity contribution in [1.82, 2.24) is 9.55 Å². The standard InChI is InChI=1S/C21H21F3N6O3/c1-2-33-19(31)12-3-5-14(6-4-12)30(20(27)32)10-13-9-29(11-28-13)18-15(21(22,23)24)7-8-16(25)17(18)26/h3-9,11H,2,10,25-26H2,1H3,(H2,27,32). The normalized spacial score (nSPS) is 11.3. The van der Waals surface area contributed by atoms with Gasteiger partial charge in [0.15, 0.2) is 0 Å². The molecule has 0 saturated carbocycles. The number of nitrogen functional groups attached to an aromatic ring is 2. The van der Waals surface area contributed by atoms with Crippen LogP contribution in [0.1, 0.15) is 28.5 Å². The predicted octanol–water partition coefficient (Wildman–Crippen LogP) is 3.32. The van der Waals surface area contributed by atoms with E-state index in [4.69, 9.17) is 21.9 Å². The summed E-state index contributed by atoms with van der Waals surface area (Å²) in [6.45, 7) is 1.74. The van der Waals surface area contributed by atoms with Gasteiger partial charge in [-0.1, -0.05) is 0 Å². The molecular weight excluding hydrogens is 441 g/mol. The highest BCUT2D eigenvalue weighted by atomic mass is 19.4. The summed E-state index contributed by atoms with van der Waals surface area (Å²) in [7, 11) is 0. The number of amides is 2. The molecule has 0 unspecified atom stereocenters. The number of hydrogen-bond acceptors (Lipinski definition) is 6. The highest BCUT2D eigenvalue weighted by Crippen LogP contribution is 2.38. The van der Waals surface area contributed by atoms with Crippen LogP contribution >= 0.6 is 0 Å². The van der Waals surface area contributed by atoms with E-state index in [1.807, 2.05) is 0 Å². The fourth-order valence-electron chi connectivity index (χ4n) is 3.15. The Kier molecular flexibility index (Phi) is 6.47. The van der Waals surface area contributed by atoms with Crippen molar-refractivity contribution in [1.29, 1.82) is 0 Å². The molecule has 174 valence electrons. The minimum atomic E-state index is -4.68. The average Bonchev–Trinajstić information content (AvgIpc) is 3.21. The lowest BCUT2D eigenvalue weighted by atomic mass is 10.1. The van der Waals surface area contributed by atoms with E-state index in [1.54, 1.807) is 6.92 Å². The van der Waals surface area contributed by atoms with Crippen LogP contribution in [0.15, 0.2) is 48.9 Å². The lowest BCUT2D eigenvalue weighted by Gasteiger charge is -2.20. The molecule has 0 bridgehead atoms. The summed E-state index contributed by atoms with van der Waals surface area (Å²) in [4.78, 5) is 29.0. The highest BCUT2D eigenvalue weighted by Gasteiger charge is 2.35. The maximum Gasteiger partial charge on any atom is 0.418 e. The zero-order valence-electron chi connectivity index (χ0n) is 17.5. The van der Waals surface area contributed by atoms with Crippen LogP contribution in [-0.4, -0.2) is 28.2 Å². The van der Waals surface area contributed by atoms with Crippen LogP contribution in [0, 0.1) is 0 Å². The third-order valence-electron chi connectivity index (χ3n) is 4.73. The number of carbonyl (C=O) groups is 2. The molecule has 12 heteroatoms. The summed E-state index contributed by atoms with van der Waals surface area (Å²) in [6, 6.07) is 7.00. The van der Waals surface area contributed by atoms with Gasteiger partial charge in [0.05, 0.1) is 53.4 Å². The molecular formula is C21H21F3N6O3. The van der Waals surface area contributed by atoms with E-state index < -0.39 is 23.7 Å². The molecule has 9 nitrogen and oxygen atoms in total. The Morgan fingerprint density at radius 2 is 1.79 bits per heavy atom. The lowest BCUT2D eigenvalue weighted by molar-refractivity contribution is -0.137. The van der Waals surface area contributed by atoms with Crippen LogP contribution in [-0.2, 0) is 17.5 Å². The molecule has 0 aliphatic carbocycles. The quantitative estimate of drug-likeness (QED) is 0.379. The summed E-state index contributed by atoms with van der Waals surface area (Å²) in [6.07, 6.45) is -2.25. The monoisotopic (exact) mass is 462 g/mol. The number of urea groups is 1. The fraction of sp³-hybridized carbons (Fsp3) is 0.190. The van der Waals surface area contributed by atoms with Crippen molar-refractivity contribution in [3.8, 4) is 5.69 Å². The van der Waals surface area contributed by atoms with Crippen molar-refractivity contribution in [2.24, 2.45) is 5.73 Å². The molecule has 0 spiro atoms. The summed E-state index contributed by atoms with van der Waals surface area (Å²) < 4.78 is 46.5. The molecule has 6 N–H and O–H groups in total. The molecule has 1 aromatic heterocycles. The number of primary amides is 1. The fourth-order valence-corrected chi connectivity index (χ4v) is 3.15. The molecule has 0 radical (unpaired) electrons. The average molecular weight is 462 g/mol. The van der Waals surface area contributed by atoms with Crippen molar-refractivity contribution >= 4 is 29.1 Å². The van der Waals surface area contributed by atoms with Gasteiger partial charge in [0.25, 0.3) is 0 Å². The molecule has 3 rings (SSSR count). The van der Waals surface area contributed by atoms with Gasteiger partial charge in [0.1, 0.15) is 0 Å². The molecule has 1 heterocycles. The van der Waals surface area contributed by atoms with Gasteiger partial charge in [-0.15, -0.1) is 0 Å². The Balaban J connectivity index is 1.91. The third-order valence-corrected chi connectivity index (χ3v) is 4.73. The van der Waals surface area contributed by atoms with Crippen molar-refractivity contribution in [3.63, 3.8) is 0 Å². The molecule has 3 aromatic rings. The van der Waals surface area contributed by atoms with Gasteiger partial charge in [-0.3, -0.25) is 4.90 Å². The molecule has 0 fully saturated rings. The SMILES string of the molecule is CCOC(=O)c1ccc(N(Cc2cn(-c3c(C(F)(F)F)ccc(N)c3N)cn2)C(N)=O)cc1. The second kappa shape index (κ2) is 9.10. The second-order valence-corrected chi connectivity index (χ2v) is 6.93. The van der Waals surface area contributed by atoms with Gasteiger partial charge in [0.2, 0.25) is 0 Å². The van der Waals surface area contributed by atoms with Gasteiger partial charge in [-0.05, 0) is 43.3 Å². The first-order valence-corrected chi connectivity index (χ1v) is 9.65. The third kappa shape index (κ3) is 5.00. The number of nitrogens with zero attached hydrogens (tertiary/aromatic N) is 3. The minimum Gasteiger partial charge on any atom is -0.462 e. The smallest absolute Gasteiger partial charge is 0.418 e. The van der Waals surface area contributed by atoms with Crippen molar-refractivity contribution in [3.05, 3.63) is 65.7 Å². The molecule has 33 heavy (non-hydrogen) atoms. The molecule has 0 aliphatic heterocycles. The van der Waals surface area contributed by atoms with E-state index in [0.29, 0.717) is 5.69 Å². The number of nitrogens with two attached hydrogens (primary N) is 3. The first-order chi connectivity index (χ1) is 15.5. The Hall–Kier alpha value is -4.22. The Labute approximate surface area is 186 Å². The van der Waals surface area contributed by atoms with Crippen molar-refractivity contribution in [2.75, 3.05) is 23.0 Å². The topological polar surface area (TPSA) is 142 Å². The van der Waals surface area contributed by atoms with Gasteiger partial charge in [0, 0.05) is 11.9 Å². The van der Waals surface area contributed by atoms with Crippen LogP contribution in [0.5, 0.6) is 0 Å². The maximum atomic E-state index is 13.5. The number of carbonyl (C=O) groups excluding carboxylic acids is 2. The van der Waals surface area contributed by atoms with Gasteiger partial charge >= 0.3 is 18.2 Å². The van der Waals surface area contributed by atoms with Crippen LogP contribution < -0.4 is 22.1 Å². The van der Waals surface area contributed by atoms with E-state index in [2.05, 4.69) is 4.98 Å². The van der Waals surface area contributed by atoms with E-state index in [0.717, 1.165) is 27.9 Å². The Bertz CT molecular complexity index is 1170. The number of halogens is 3. The van der Waals surface area contributed by atoms with E-state index in [1.165, 1.54) is 30.5 Å². The Morgan fingerprint density at radius 1 is 1.12 bits per heavy atom. The van der Waals surface area contributed by atoms with E-state index in [9.17, 15) is 22.8 Å². The molecule has 0 atom stereocenters. The molecule has 0 aliphatic rings. The summed E-state index contributed by atoms with van der Waals surface area (Å²) in [5.74, 6) is -0.520. The Morgan fingerprint density at radius 3 is 2.36 bits per heavy atom. The van der Waals surface area contributed by atoms with Crippen molar-refractivity contribution in [2.45, 2.75) is 19.6 Å². The zero-order chi connectivity index (χ0) is 24.3. The molecule has 0 saturated heterocycles. The summed E-state index contributed by atoms with van der Waals surface area (Å²) >= 11 is 0. The van der Waals surface area contributed by atoms with Gasteiger partial charge in [-0.25, -0.2) is 14.6 Å². The second-order valence-electron chi connectivity index (χ2n) is 6.93. The number of benzene rings is 2. The van der Waals surface area contributed by atoms with E-state index in [-0.39, 0.29) is 41.5 Å². The van der Waals surface area contributed by atoms with Crippen LogP contribution in [0.25, 0.3) is 5.69 Å². The number of hydrogen-bond donors (Lipinski definition) is 3. The minimum absolute atomic E-state index is 0.0197. The lowest BCUT2D eigenvalue weighted by Crippen LogP contribution is -2.35. The summed E-state index contributed by atoms with van der Waals surface area (Å²) in [5.41, 5.74) is 16.2. The number of esters is 1. The zero-order valence-corrected chi connectivity index (χ0v) is 17.5. The van der Waals surface area contributed by atoms with Crippen LogP contribution in [0.3, 0.4) is 0 Å². The number of imidazole rings is 1. The largest absolute Gasteiger partial charge is 0.462 e. The first-order valence-electron chi connectivity index (χ1n) is 9.65. The molecule has 2 aromatic carbocycles.